The Balaban J connectivity index is 1.49. The van der Waals surface area contributed by atoms with Gasteiger partial charge in [-0.2, -0.15) is 4.31 Å². The number of hydrogen-bond acceptors (Lipinski definition) is 6. The molecule has 0 spiro atoms. The Kier molecular flexibility index (Phi) is 5.98. The van der Waals surface area contributed by atoms with Gasteiger partial charge in [-0.05, 0) is 44.0 Å². The van der Waals surface area contributed by atoms with Crippen molar-refractivity contribution >= 4 is 38.5 Å². The Bertz CT molecular complexity index is 1350. The van der Waals surface area contributed by atoms with E-state index in [4.69, 9.17) is 4.42 Å². The highest BCUT2D eigenvalue weighted by molar-refractivity contribution is 7.89. The van der Waals surface area contributed by atoms with E-state index in [1.54, 1.807) is 24.3 Å². The van der Waals surface area contributed by atoms with Crippen molar-refractivity contribution in [1.82, 2.24) is 8.87 Å². The van der Waals surface area contributed by atoms with Gasteiger partial charge in [0.1, 0.15) is 0 Å². The Labute approximate surface area is 184 Å². The lowest BCUT2D eigenvalue weighted by Crippen LogP contribution is -2.27. The molecule has 0 unspecified atom stereocenters. The molecule has 2 heterocycles. The average Bonchev–Trinajstić information content (AvgIpc) is 3.40. The van der Waals surface area contributed by atoms with Gasteiger partial charge in [0.2, 0.25) is 15.9 Å². The number of carbonyl (C=O) groups is 2. The number of anilines is 1. The van der Waals surface area contributed by atoms with Crippen molar-refractivity contribution in [3.63, 3.8) is 0 Å². The standard InChI is InChI=1S/C22H23N3O6S/c1-15(26)16-5-4-6-17(13-16)23-21(27)9-12-25-19-8-7-18(14-20(19)31-22(25)28)32(29,30)24-10-2-3-11-24/h4-8,13-14H,2-3,9-12H2,1H3,(H,23,27). The second-order valence-electron chi connectivity index (χ2n) is 7.70. The van der Waals surface area contributed by atoms with Gasteiger partial charge in [0.05, 0.1) is 10.4 Å². The molecule has 168 valence electrons. The van der Waals surface area contributed by atoms with Gasteiger partial charge in [-0.1, -0.05) is 12.1 Å². The third-order valence-electron chi connectivity index (χ3n) is 5.46. The van der Waals surface area contributed by atoms with Crippen LogP contribution in [0, 0.1) is 0 Å². The number of fused-ring (bicyclic) bond motifs is 1. The highest BCUT2D eigenvalue weighted by Gasteiger charge is 2.28. The van der Waals surface area contributed by atoms with Crippen LogP contribution >= 0.6 is 0 Å². The molecular formula is C22H23N3O6S. The molecule has 1 aliphatic rings. The van der Waals surface area contributed by atoms with Crippen LogP contribution in [0.5, 0.6) is 0 Å². The van der Waals surface area contributed by atoms with Crippen LogP contribution in [0.3, 0.4) is 0 Å². The van der Waals surface area contributed by atoms with Gasteiger partial charge in [-0.25, -0.2) is 13.2 Å². The van der Waals surface area contributed by atoms with Crippen LogP contribution in [0.1, 0.15) is 36.5 Å². The Morgan fingerprint density at radius 1 is 1.09 bits per heavy atom. The minimum atomic E-state index is -3.63. The second-order valence-corrected chi connectivity index (χ2v) is 9.63. The zero-order valence-electron chi connectivity index (χ0n) is 17.5. The van der Waals surface area contributed by atoms with Gasteiger partial charge < -0.3 is 9.73 Å². The maximum Gasteiger partial charge on any atom is 0.419 e. The van der Waals surface area contributed by atoms with Gasteiger partial charge in [-0.3, -0.25) is 14.2 Å². The first kappa shape index (κ1) is 22.0. The van der Waals surface area contributed by atoms with E-state index in [1.165, 1.54) is 34.0 Å². The van der Waals surface area contributed by atoms with Crippen molar-refractivity contribution in [2.75, 3.05) is 18.4 Å². The fourth-order valence-corrected chi connectivity index (χ4v) is 5.28. The molecule has 1 saturated heterocycles. The smallest absolute Gasteiger partial charge is 0.408 e. The number of sulfonamides is 1. The highest BCUT2D eigenvalue weighted by Crippen LogP contribution is 2.24. The summed E-state index contributed by atoms with van der Waals surface area (Å²) in [5, 5.41) is 2.71. The van der Waals surface area contributed by atoms with Crippen LogP contribution in [0.4, 0.5) is 5.69 Å². The number of nitrogens with one attached hydrogen (secondary N) is 1. The minimum Gasteiger partial charge on any atom is -0.408 e. The van der Waals surface area contributed by atoms with Crippen molar-refractivity contribution in [2.45, 2.75) is 37.6 Å². The Morgan fingerprint density at radius 2 is 1.84 bits per heavy atom. The van der Waals surface area contributed by atoms with Crippen LogP contribution in [0.2, 0.25) is 0 Å². The molecule has 1 aliphatic heterocycles. The number of amides is 1. The van der Waals surface area contributed by atoms with Crippen molar-refractivity contribution in [1.29, 1.82) is 0 Å². The van der Waals surface area contributed by atoms with Crippen molar-refractivity contribution in [3.05, 3.63) is 58.6 Å². The van der Waals surface area contributed by atoms with E-state index in [2.05, 4.69) is 5.32 Å². The summed E-state index contributed by atoms with van der Waals surface area (Å²) < 4.78 is 33.5. The predicted octanol–water partition coefficient (Wildman–Crippen LogP) is 2.61. The average molecular weight is 458 g/mol. The maximum absolute atomic E-state index is 12.7. The van der Waals surface area contributed by atoms with E-state index < -0.39 is 15.8 Å². The van der Waals surface area contributed by atoms with Gasteiger partial charge >= 0.3 is 5.76 Å². The minimum absolute atomic E-state index is 0.00727. The Hall–Kier alpha value is -3.24. The number of hydrogen-bond donors (Lipinski definition) is 1. The number of nitrogens with zero attached hydrogens (tertiary/aromatic N) is 2. The molecule has 1 aromatic heterocycles. The largest absolute Gasteiger partial charge is 0.419 e. The second kappa shape index (κ2) is 8.71. The molecule has 0 bridgehead atoms. The zero-order chi connectivity index (χ0) is 22.9. The number of ketones is 1. The summed E-state index contributed by atoms with van der Waals surface area (Å²) in [6, 6.07) is 10.9. The highest BCUT2D eigenvalue weighted by atomic mass is 32.2. The predicted molar refractivity (Wildman–Crippen MR) is 118 cm³/mol. The SMILES string of the molecule is CC(=O)c1cccc(NC(=O)CCn2c(=O)oc3cc(S(=O)(=O)N4CCCC4)ccc32)c1. The van der Waals surface area contributed by atoms with Crippen LogP contribution in [-0.4, -0.2) is 42.1 Å². The summed E-state index contributed by atoms with van der Waals surface area (Å²) in [6.07, 6.45) is 1.65. The molecule has 32 heavy (non-hydrogen) atoms. The number of oxazole rings is 1. The number of aryl methyl sites for hydroxylation is 1. The lowest BCUT2D eigenvalue weighted by molar-refractivity contribution is -0.116. The molecule has 4 rings (SSSR count). The number of aromatic nitrogens is 1. The topological polar surface area (TPSA) is 119 Å². The maximum atomic E-state index is 12.7. The van der Waals surface area contributed by atoms with Crippen molar-refractivity contribution in [2.24, 2.45) is 0 Å². The number of rotatable bonds is 7. The molecule has 3 aromatic rings. The lowest BCUT2D eigenvalue weighted by atomic mass is 10.1. The number of carbonyl (C=O) groups excluding carboxylic acids is 2. The van der Waals surface area contributed by atoms with E-state index in [1.807, 2.05) is 0 Å². The van der Waals surface area contributed by atoms with Gasteiger partial charge in [0.25, 0.3) is 0 Å². The van der Waals surface area contributed by atoms with Gasteiger partial charge in [0.15, 0.2) is 11.4 Å². The summed E-state index contributed by atoms with van der Waals surface area (Å²) in [4.78, 5) is 36.2. The molecule has 1 fully saturated rings. The third kappa shape index (κ3) is 4.37. The van der Waals surface area contributed by atoms with E-state index >= 15 is 0 Å². The fraction of sp³-hybridized carbons (Fsp3) is 0.318. The van der Waals surface area contributed by atoms with Gasteiger partial charge in [0, 0.05) is 43.4 Å². The van der Waals surface area contributed by atoms with Crippen molar-refractivity contribution < 1.29 is 22.4 Å². The summed E-state index contributed by atoms with van der Waals surface area (Å²) in [5.74, 6) is -1.11. The van der Waals surface area contributed by atoms with Crippen LogP contribution in [-0.2, 0) is 21.4 Å². The molecule has 2 aromatic carbocycles. The molecule has 0 radical (unpaired) electrons. The first-order chi connectivity index (χ1) is 15.3. The zero-order valence-corrected chi connectivity index (χ0v) is 18.4. The monoisotopic (exact) mass is 457 g/mol. The summed E-state index contributed by atoms with van der Waals surface area (Å²) in [7, 11) is -3.63. The molecule has 0 aliphatic carbocycles. The van der Waals surface area contributed by atoms with Crippen LogP contribution in [0.25, 0.3) is 11.1 Å². The van der Waals surface area contributed by atoms with E-state index in [0.29, 0.717) is 29.9 Å². The van der Waals surface area contributed by atoms with E-state index in [9.17, 15) is 22.8 Å². The van der Waals surface area contributed by atoms with Crippen LogP contribution in [0.15, 0.2) is 56.6 Å². The summed E-state index contributed by atoms with van der Waals surface area (Å²) in [5.41, 5.74) is 1.55. The normalized spacial score (nSPS) is 14.7. The quantitative estimate of drug-likeness (QED) is 0.545. The lowest BCUT2D eigenvalue weighted by Gasteiger charge is -2.15. The molecule has 9 nitrogen and oxygen atoms in total. The fourth-order valence-electron chi connectivity index (χ4n) is 3.75. The van der Waals surface area contributed by atoms with E-state index in [-0.39, 0.29) is 35.1 Å². The van der Waals surface area contributed by atoms with Crippen molar-refractivity contribution in [3.8, 4) is 0 Å². The number of benzene rings is 2. The summed E-state index contributed by atoms with van der Waals surface area (Å²) >= 11 is 0. The molecule has 10 heteroatoms. The summed E-state index contributed by atoms with van der Waals surface area (Å²) in [6.45, 7) is 2.47. The molecule has 0 atom stereocenters. The van der Waals surface area contributed by atoms with Gasteiger partial charge in [-0.15, -0.1) is 0 Å². The van der Waals surface area contributed by atoms with E-state index in [0.717, 1.165) is 12.8 Å². The molecular weight excluding hydrogens is 434 g/mol. The first-order valence-electron chi connectivity index (χ1n) is 10.3. The Morgan fingerprint density at radius 3 is 2.56 bits per heavy atom. The van der Waals surface area contributed by atoms with Crippen LogP contribution < -0.4 is 11.1 Å². The first-order valence-corrected chi connectivity index (χ1v) is 11.7. The molecule has 0 saturated carbocycles. The number of Topliss-reactive ketones (excluding diaryl/α,β-unsaturated/α-hetero) is 1. The third-order valence-corrected chi connectivity index (χ3v) is 7.35. The molecule has 1 amide bonds. The molecule has 1 N–H and O–H groups in total.